The van der Waals surface area contributed by atoms with E-state index in [9.17, 15) is 9.59 Å². The molecule has 9 heteroatoms. The number of amides is 1. The number of aromatic nitrogens is 4. The monoisotopic (exact) mass is 399 g/mol. The molecule has 4 rings (SSSR count). The molecule has 144 valence electrons. The first-order valence-corrected chi connectivity index (χ1v) is 9.07. The first-order chi connectivity index (χ1) is 13.5. The number of hydrogen-bond donors (Lipinski definition) is 0. The highest BCUT2D eigenvalue weighted by molar-refractivity contribution is 6.30. The summed E-state index contributed by atoms with van der Waals surface area (Å²) in [4.78, 5) is 26.6. The van der Waals surface area contributed by atoms with Gasteiger partial charge in [-0.3, -0.25) is 14.3 Å². The van der Waals surface area contributed by atoms with Gasteiger partial charge < -0.3 is 9.64 Å². The molecule has 3 aromatic rings. The Bertz CT molecular complexity index is 1080. The number of nitrogens with zero attached hydrogens (tertiary/aromatic N) is 5. The lowest BCUT2D eigenvalue weighted by Gasteiger charge is -2.39. The molecule has 1 fully saturated rings. The summed E-state index contributed by atoms with van der Waals surface area (Å²) in [7, 11) is 3.20. The summed E-state index contributed by atoms with van der Waals surface area (Å²) in [6.07, 6.45) is 1.63. The molecule has 1 saturated heterocycles. The van der Waals surface area contributed by atoms with E-state index in [1.54, 1.807) is 36.3 Å². The van der Waals surface area contributed by atoms with Crippen molar-refractivity contribution in [2.45, 2.75) is 6.04 Å². The fourth-order valence-corrected chi connectivity index (χ4v) is 3.30. The lowest BCUT2D eigenvalue weighted by Crippen LogP contribution is -2.53. The molecule has 2 aromatic heterocycles. The van der Waals surface area contributed by atoms with Crippen LogP contribution in [0.2, 0.25) is 5.02 Å². The highest BCUT2D eigenvalue weighted by Gasteiger charge is 2.35. The molecule has 3 heterocycles. The Morgan fingerprint density at radius 1 is 1.14 bits per heavy atom. The van der Waals surface area contributed by atoms with E-state index in [0.29, 0.717) is 29.4 Å². The minimum absolute atomic E-state index is 0.175. The van der Waals surface area contributed by atoms with Crippen LogP contribution < -0.4 is 10.3 Å². The zero-order valence-corrected chi connectivity index (χ0v) is 16.1. The zero-order chi connectivity index (χ0) is 19.8. The maximum Gasteiger partial charge on any atom is 0.267 e. The number of rotatable bonds is 4. The Balaban J connectivity index is 1.52. The Morgan fingerprint density at radius 2 is 1.86 bits per heavy atom. The highest BCUT2D eigenvalue weighted by Crippen LogP contribution is 2.26. The molecule has 0 saturated carbocycles. The topological polar surface area (TPSA) is 82.2 Å². The van der Waals surface area contributed by atoms with Gasteiger partial charge in [0.1, 0.15) is 5.56 Å². The molecule has 0 radical (unpaired) electrons. The van der Waals surface area contributed by atoms with Gasteiger partial charge in [-0.05, 0) is 18.2 Å². The minimum atomic E-state index is -0.200. The second-order valence-corrected chi connectivity index (χ2v) is 7.03. The predicted octanol–water partition coefficient (Wildman–Crippen LogP) is 2.00. The predicted molar refractivity (Wildman–Crippen MR) is 104 cm³/mol. The Labute approximate surface area is 165 Å². The van der Waals surface area contributed by atoms with Crippen molar-refractivity contribution >= 4 is 17.5 Å². The third-order valence-corrected chi connectivity index (χ3v) is 4.93. The number of ether oxygens (including phenoxy) is 1. The van der Waals surface area contributed by atoms with Crippen LogP contribution in [-0.2, 0) is 7.05 Å². The number of methoxy groups -OCH3 is 1. The molecule has 0 aliphatic carbocycles. The zero-order valence-electron chi connectivity index (χ0n) is 15.4. The lowest BCUT2D eigenvalue weighted by atomic mass is 10.1. The summed E-state index contributed by atoms with van der Waals surface area (Å²) in [5, 5.41) is 9.22. The number of aryl methyl sites for hydroxylation is 1. The van der Waals surface area contributed by atoms with E-state index in [1.807, 2.05) is 12.1 Å². The SMILES string of the molecule is COc1nn(C)cc1C(=O)N1CC(n2nc(-c3ccc(Cl)cc3)ccc2=O)C1. The average Bonchev–Trinajstić information content (AvgIpc) is 3.03. The smallest absolute Gasteiger partial charge is 0.267 e. The molecule has 8 nitrogen and oxygen atoms in total. The van der Waals surface area contributed by atoms with Crippen LogP contribution in [0.4, 0.5) is 0 Å². The molecule has 1 aliphatic heterocycles. The lowest BCUT2D eigenvalue weighted by molar-refractivity contribution is 0.0490. The molecule has 0 atom stereocenters. The van der Waals surface area contributed by atoms with Crippen molar-refractivity contribution in [1.29, 1.82) is 0 Å². The van der Waals surface area contributed by atoms with E-state index in [1.165, 1.54) is 22.5 Å². The molecule has 0 N–H and O–H groups in total. The van der Waals surface area contributed by atoms with Gasteiger partial charge in [-0.25, -0.2) is 4.68 Å². The molecular formula is C19H18ClN5O3. The van der Waals surface area contributed by atoms with Crippen molar-refractivity contribution in [2.24, 2.45) is 7.05 Å². The number of likely N-dealkylation sites (tertiary alicyclic amines) is 1. The van der Waals surface area contributed by atoms with Gasteiger partial charge in [-0.1, -0.05) is 23.7 Å². The van der Waals surface area contributed by atoms with E-state index in [4.69, 9.17) is 16.3 Å². The maximum atomic E-state index is 12.7. The number of carbonyl (C=O) groups is 1. The van der Waals surface area contributed by atoms with Crippen LogP contribution in [0.3, 0.4) is 0 Å². The van der Waals surface area contributed by atoms with Crippen LogP contribution in [0.15, 0.2) is 47.4 Å². The second-order valence-electron chi connectivity index (χ2n) is 6.60. The van der Waals surface area contributed by atoms with Gasteiger partial charge in [0.25, 0.3) is 11.5 Å². The minimum Gasteiger partial charge on any atom is -0.479 e. The van der Waals surface area contributed by atoms with Crippen molar-refractivity contribution in [3.8, 4) is 17.1 Å². The van der Waals surface area contributed by atoms with Crippen molar-refractivity contribution < 1.29 is 9.53 Å². The maximum absolute atomic E-state index is 12.7. The van der Waals surface area contributed by atoms with Crippen molar-refractivity contribution in [1.82, 2.24) is 24.5 Å². The van der Waals surface area contributed by atoms with Crippen LogP contribution in [0.1, 0.15) is 16.4 Å². The number of hydrogen-bond acceptors (Lipinski definition) is 5. The second kappa shape index (κ2) is 7.12. The van der Waals surface area contributed by atoms with Crippen LogP contribution in [0.5, 0.6) is 5.88 Å². The molecule has 1 amide bonds. The molecule has 0 spiro atoms. The van der Waals surface area contributed by atoms with Crippen LogP contribution in [0, 0.1) is 0 Å². The van der Waals surface area contributed by atoms with E-state index in [-0.39, 0.29) is 23.4 Å². The Hall–Kier alpha value is -3.13. The van der Waals surface area contributed by atoms with E-state index < -0.39 is 0 Å². The largest absolute Gasteiger partial charge is 0.479 e. The van der Waals surface area contributed by atoms with Gasteiger partial charge >= 0.3 is 0 Å². The quantitative estimate of drug-likeness (QED) is 0.670. The van der Waals surface area contributed by atoms with Gasteiger partial charge in [0.05, 0.1) is 18.8 Å². The summed E-state index contributed by atoms with van der Waals surface area (Å²) in [5.74, 6) is 0.110. The Morgan fingerprint density at radius 3 is 2.54 bits per heavy atom. The van der Waals surface area contributed by atoms with Gasteiger partial charge in [-0.2, -0.15) is 5.10 Å². The van der Waals surface area contributed by atoms with Crippen molar-refractivity contribution in [3.63, 3.8) is 0 Å². The molecule has 28 heavy (non-hydrogen) atoms. The molecule has 1 aliphatic rings. The summed E-state index contributed by atoms with van der Waals surface area (Å²) >= 11 is 5.93. The number of benzene rings is 1. The Kier molecular flexibility index (Phi) is 4.64. The fourth-order valence-electron chi connectivity index (χ4n) is 3.17. The standard InChI is InChI=1S/C19H18ClN5O3/c1-23-11-15(18(22-23)28-2)19(27)24-9-14(10-24)25-17(26)8-7-16(21-25)12-3-5-13(20)6-4-12/h3-8,11,14H,9-10H2,1-2H3. The van der Waals surface area contributed by atoms with Crippen LogP contribution in [-0.4, -0.2) is 50.6 Å². The summed E-state index contributed by atoms with van der Waals surface area (Å²) in [6, 6.07) is 10.3. The molecule has 1 aromatic carbocycles. The van der Waals surface area contributed by atoms with Crippen LogP contribution >= 0.6 is 11.6 Å². The van der Waals surface area contributed by atoms with Gasteiger partial charge in [0.2, 0.25) is 5.88 Å². The molecule has 0 bridgehead atoms. The van der Waals surface area contributed by atoms with Crippen molar-refractivity contribution in [2.75, 3.05) is 20.2 Å². The first kappa shape index (κ1) is 18.2. The summed E-state index contributed by atoms with van der Waals surface area (Å²) in [6.45, 7) is 0.793. The third-order valence-electron chi connectivity index (χ3n) is 4.68. The first-order valence-electron chi connectivity index (χ1n) is 8.69. The van der Waals surface area contributed by atoms with Gasteiger partial charge in [-0.15, -0.1) is 5.10 Å². The van der Waals surface area contributed by atoms with Gasteiger partial charge in [0, 0.05) is 43.0 Å². The third kappa shape index (κ3) is 3.27. The van der Waals surface area contributed by atoms with E-state index >= 15 is 0 Å². The summed E-state index contributed by atoms with van der Waals surface area (Å²) in [5.41, 5.74) is 1.74. The van der Waals surface area contributed by atoms with Crippen LogP contribution in [0.25, 0.3) is 11.3 Å². The average molecular weight is 400 g/mol. The van der Waals surface area contributed by atoms with Crippen molar-refractivity contribution in [3.05, 3.63) is 63.5 Å². The number of carbonyl (C=O) groups excluding carboxylic acids is 1. The number of halogens is 1. The molecule has 0 unspecified atom stereocenters. The fraction of sp³-hybridized carbons (Fsp3) is 0.263. The normalized spacial score (nSPS) is 14.0. The summed E-state index contributed by atoms with van der Waals surface area (Å²) < 4.78 is 8.12. The van der Waals surface area contributed by atoms with Gasteiger partial charge in [0.15, 0.2) is 0 Å². The molecular weight excluding hydrogens is 382 g/mol. The van der Waals surface area contributed by atoms with E-state index in [2.05, 4.69) is 10.2 Å². The van der Waals surface area contributed by atoms with E-state index in [0.717, 1.165) is 5.56 Å². The highest BCUT2D eigenvalue weighted by atomic mass is 35.5.